The van der Waals surface area contributed by atoms with Gasteiger partial charge in [-0.15, -0.1) is 0 Å². The molecule has 4 nitrogen and oxygen atoms in total. The molecule has 1 amide bonds. The number of hydrogen-bond acceptors (Lipinski definition) is 3. The third-order valence-electron chi connectivity index (χ3n) is 4.40. The van der Waals surface area contributed by atoms with Crippen LogP contribution in [0.5, 0.6) is 0 Å². The lowest BCUT2D eigenvalue weighted by molar-refractivity contribution is 0.0789. The highest BCUT2D eigenvalue weighted by Gasteiger charge is 2.28. The smallest absolute Gasteiger partial charge is 0.275 e. The number of carbonyl (C=O) groups is 1. The van der Waals surface area contributed by atoms with Crippen LogP contribution in [0.4, 0.5) is 0 Å². The standard InChI is InChI=1S/C18H22N2O2/c1-13-16(19-17(22-13)15-9-6-10-15)18(21)20(2)12-11-14-7-4-3-5-8-14/h3-5,7-8,15H,6,9-12H2,1-2H3. The summed E-state index contributed by atoms with van der Waals surface area (Å²) in [5.41, 5.74) is 1.70. The molecule has 0 N–H and O–H groups in total. The molecule has 0 saturated heterocycles. The van der Waals surface area contributed by atoms with E-state index in [9.17, 15) is 4.79 Å². The first-order valence-corrected chi connectivity index (χ1v) is 7.92. The van der Waals surface area contributed by atoms with Crippen molar-refractivity contribution in [3.05, 3.63) is 53.2 Å². The fraction of sp³-hybridized carbons (Fsp3) is 0.444. The third kappa shape index (κ3) is 3.06. The maximum atomic E-state index is 12.5. The Labute approximate surface area is 131 Å². The zero-order valence-electron chi connectivity index (χ0n) is 13.2. The first-order chi connectivity index (χ1) is 10.6. The van der Waals surface area contributed by atoms with Gasteiger partial charge in [-0.05, 0) is 31.7 Å². The number of rotatable bonds is 5. The Hall–Kier alpha value is -2.10. The van der Waals surface area contributed by atoms with Gasteiger partial charge in [0.05, 0.1) is 0 Å². The van der Waals surface area contributed by atoms with Crippen LogP contribution in [0, 0.1) is 6.92 Å². The van der Waals surface area contributed by atoms with Crippen molar-refractivity contribution >= 4 is 5.91 Å². The fourth-order valence-electron chi connectivity index (χ4n) is 2.67. The predicted molar refractivity (Wildman–Crippen MR) is 84.9 cm³/mol. The largest absolute Gasteiger partial charge is 0.445 e. The molecule has 0 spiro atoms. The summed E-state index contributed by atoms with van der Waals surface area (Å²) in [5.74, 6) is 1.74. The zero-order valence-corrected chi connectivity index (χ0v) is 13.2. The molecule has 1 aromatic heterocycles. The number of hydrogen-bond donors (Lipinski definition) is 0. The summed E-state index contributed by atoms with van der Waals surface area (Å²) < 4.78 is 5.69. The van der Waals surface area contributed by atoms with E-state index in [4.69, 9.17) is 4.42 Å². The molecule has 4 heteroatoms. The van der Waals surface area contributed by atoms with Gasteiger partial charge in [-0.25, -0.2) is 4.98 Å². The van der Waals surface area contributed by atoms with Gasteiger partial charge in [0.15, 0.2) is 11.6 Å². The Morgan fingerprint density at radius 3 is 2.68 bits per heavy atom. The molecular formula is C18H22N2O2. The fourth-order valence-corrected chi connectivity index (χ4v) is 2.67. The van der Waals surface area contributed by atoms with Crippen molar-refractivity contribution in [1.82, 2.24) is 9.88 Å². The second-order valence-electron chi connectivity index (χ2n) is 6.05. The SMILES string of the molecule is Cc1oc(C2CCC2)nc1C(=O)N(C)CCc1ccccc1. The highest BCUT2D eigenvalue weighted by Crippen LogP contribution is 2.36. The normalized spacial score (nSPS) is 14.6. The Morgan fingerprint density at radius 2 is 2.05 bits per heavy atom. The lowest BCUT2D eigenvalue weighted by Crippen LogP contribution is -2.29. The van der Waals surface area contributed by atoms with Crippen molar-refractivity contribution in [3.8, 4) is 0 Å². The number of likely N-dealkylation sites (N-methyl/N-ethyl adjacent to an activating group) is 1. The highest BCUT2D eigenvalue weighted by atomic mass is 16.4. The van der Waals surface area contributed by atoms with Gasteiger partial charge in [0.1, 0.15) is 5.76 Å². The summed E-state index contributed by atoms with van der Waals surface area (Å²) in [6, 6.07) is 10.2. The minimum atomic E-state index is -0.0530. The maximum absolute atomic E-state index is 12.5. The molecule has 1 heterocycles. The van der Waals surface area contributed by atoms with Crippen molar-refractivity contribution in [1.29, 1.82) is 0 Å². The summed E-state index contributed by atoms with van der Waals surface area (Å²) in [6.45, 7) is 2.50. The molecular weight excluding hydrogens is 276 g/mol. The maximum Gasteiger partial charge on any atom is 0.275 e. The Bertz CT molecular complexity index is 644. The Kier molecular flexibility index (Phi) is 4.27. The van der Waals surface area contributed by atoms with Crippen molar-refractivity contribution in [3.63, 3.8) is 0 Å². The molecule has 1 aliphatic rings. The number of nitrogens with zero attached hydrogens (tertiary/aromatic N) is 2. The third-order valence-corrected chi connectivity index (χ3v) is 4.40. The molecule has 22 heavy (non-hydrogen) atoms. The van der Waals surface area contributed by atoms with E-state index in [-0.39, 0.29) is 5.91 Å². The molecule has 1 fully saturated rings. The monoisotopic (exact) mass is 298 g/mol. The van der Waals surface area contributed by atoms with Crippen LogP contribution < -0.4 is 0 Å². The number of carbonyl (C=O) groups excluding carboxylic acids is 1. The molecule has 2 aromatic rings. The van der Waals surface area contributed by atoms with E-state index in [0.29, 0.717) is 23.9 Å². The van der Waals surface area contributed by atoms with Crippen LogP contribution in [0.25, 0.3) is 0 Å². The summed E-state index contributed by atoms with van der Waals surface area (Å²) in [6.07, 6.45) is 4.32. The number of benzene rings is 1. The summed E-state index contributed by atoms with van der Waals surface area (Å²) in [5, 5.41) is 0. The van der Waals surface area contributed by atoms with Crippen LogP contribution in [0.2, 0.25) is 0 Å². The lowest BCUT2D eigenvalue weighted by atomic mass is 9.85. The van der Waals surface area contributed by atoms with Crippen LogP contribution in [-0.2, 0) is 6.42 Å². The van der Waals surface area contributed by atoms with E-state index in [2.05, 4.69) is 17.1 Å². The van der Waals surface area contributed by atoms with E-state index in [1.54, 1.807) is 4.90 Å². The van der Waals surface area contributed by atoms with Gasteiger partial charge in [0.25, 0.3) is 5.91 Å². The first kappa shape index (κ1) is 14.8. The van der Waals surface area contributed by atoms with E-state index in [1.165, 1.54) is 12.0 Å². The molecule has 0 bridgehead atoms. The summed E-state index contributed by atoms with van der Waals surface area (Å²) in [4.78, 5) is 18.7. The van der Waals surface area contributed by atoms with Gasteiger partial charge in [-0.3, -0.25) is 4.79 Å². The van der Waals surface area contributed by atoms with Gasteiger partial charge in [-0.1, -0.05) is 36.8 Å². The molecule has 0 atom stereocenters. The molecule has 0 radical (unpaired) electrons. The molecule has 1 saturated carbocycles. The Balaban J connectivity index is 1.63. The number of aryl methyl sites for hydroxylation is 1. The zero-order chi connectivity index (χ0) is 15.5. The molecule has 1 aliphatic carbocycles. The van der Waals surface area contributed by atoms with Crippen molar-refractivity contribution in [2.24, 2.45) is 0 Å². The van der Waals surface area contributed by atoms with E-state index in [1.807, 2.05) is 32.2 Å². The molecule has 3 rings (SSSR count). The van der Waals surface area contributed by atoms with Crippen LogP contribution in [0.3, 0.4) is 0 Å². The molecule has 116 valence electrons. The second kappa shape index (κ2) is 6.34. The average Bonchev–Trinajstić information content (AvgIpc) is 2.84. The van der Waals surface area contributed by atoms with Crippen LogP contribution >= 0.6 is 0 Å². The second-order valence-corrected chi connectivity index (χ2v) is 6.05. The van der Waals surface area contributed by atoms with Crippen LogP contribution in [0.1, 0.15) is 52.9 Å². The molecule has 0 aliphatic heterocycles. The summed E-state index contributed by atoms with van der Waals surface area (Å²) >= 11 is 0. The van der Waals surface area contributed by atoms with E-state index < -0.39 is 0 Å². The van der Waals surface area contributed by atoms with Crippen LogP contribution in [-0.4, -0.2) is 29.4 Å². The minimum Gasteiger partial charge on any atom is -0.445 e. The number of oxazole rings is 1. The number of amides is 1. The van der Waals surface area contributed by atoms with Gasteiger partial charge < -0.3 is 9.32 Å². The topological polar surface area (TPSA) is 46.3 Å². The summed E-state index contributed by atoms with van der Waals surface area (Å²) in [7, 11) is 1.82. The Morgan fingerprint density at radius 1 is 1.32 bits per heavy atom. The quantitative estimate of drug-likeness (QED) is 0.848. The van der Waals surface area contributed by atoms with Gasteiger partial charge in [0.2, 0.25) is 0 Å². The van der Waals surface area contributed by atoms with Crippen molar-refractivity contribution in [2.45, 2.75) is 38.5 Å². The average molecular weight is 298 g/mol. The number of aromatic nitrogens is 1. The van der Waals surface area contributed by atoms with Gasteiger partial charge in [0, 0.05) is 19.5 Å². The van der Waals surface area contributed by atoms with E-state index in [0.717, 1.165) is 25.2 Å². The molecule has 1 aromatic carbocycles. The van der Waals surface area contributed by atoms with E-state index >= 15 is 0 Å². The minimum absolute atomic E-state index is 0.0530. The highest BCUT2D eigenvalue weighted by molar-refractivity contribution is 5.93. The first-order valence-electron chi connectivity index (χ1n) is 7.92. The van der Waals surface area contributed by atoms with Gasteiger partial charge >= 0.3 is 0 Å². The van der Waals surface area contributed by atoms with Gasteiger partial charge in [-0.2, -0.15) is 0 Å². The van der Waals surface area contributed by atoms with Crippen LogP contribution in [0.15, 0.2) is 34.7 Å². The van der Waals surface area contributed by atoms with Crippen molar-refractivity contribution < 1.29 is 9.21 Å². The lowest BCUT2D eigenvalue weighted by Gasteiger charge is -2.21. The van der Waals surface area contributed by atoms with Crippen molar-refractivity contribution in [2.75, 3.05) is 13.6 Å². The molecule has 0 unspecified atom stereocenters. The predicted octanol–water partition coefficient (Wildman–Crippen LogP) is 3.57.